The fourth-order valence-corrected chi connectivity index (χ4v) is 1.62. The summed E-state index contributed by atoms with van der Waals surface area (Å²) in [6, 6.07) is 0.599. The number of thiol groups is 1. The Kier molecular flexibility index (Phi) is 5.00. The first-order valence-electron chi connectivity index (χ1n) is 5.41. The molecule has 0 aromatic rings. The average molecular weight is 217 g/mol. The van der Waals surface area contributed by atoms with Gasteiger partial charge in [0.25, 0.3) is 0 Å². The summed E-state index contributed by atoms with van der Waals surface area (Å²) in [5.41, 5.74) is 0.652. The van der Waals surface area contributed by atoms with Crippen molar-refractivity contribution in [2.75, 3.05) is 19.3 Å². The summed E-state index contributed by atoms with van der Waals surface area (Å²) in [5, 5.41) is 0. The van der Waals surface area contributed by atoms with E-state index in [4.69, 9.17) is 0 Å². The van der Waals surface area contributed by atoms with Gasteiger partial charge in [0.1, 0.15) is 0 Å². The number of rotatable bonds is 4. The minimum atomic E-state index is 0.303. The molecule has 1 unspecified atom stereocenters. The largest absolute Gasteiger partial charge is 0.303 e. The van der Waals surface area contributed by atoms with Crippen molar-refractivity contribution in [1.29, 1.82) is 0 Å². The second-order valence-corrected chi connectivity index (χ2v) is 6.60. The van der Waals surface area contributed by atoms with E-state index in [9.17, 15) is 0 Å². The van der Waals surface area contributed by atoms with Crippen molar-refractivity contribution in [3.63, 3.8) is 0 Å². The third-order valence-electron chi connectivity index (χ3n) is 3.02. The zero-order valence-corrected chi connectivity index (χ0v) is 11.8. The quantitative estimate of drug-likeness (QED) is 0.707. The van der Waals surface area contributed by atoms with E-state index in [-0.39, 0.29) is 0 Å². The first kappa shape index (κ1) is 14.3. The van der Waals surface area contributed by atoms with Crippen molar-refractivity contribution in [2.24, 2.45) is 10.8 Å². The van der Waals surface area contributed by atoms with Crippen LogP contribution in [0.5, 0.6) is 0 Å². The van der Waals surface area contributed by atoms with Crippen molar-refractivity contribution in [1.82, 2.24) is 4.90 Å². The van der Waals surface area contributed by atoms with Crippen molar-refractivity contribution in [2.45, 2.75) is 47.6 Å². The van der Waals surface area contributed by atoms with Gasteiger partial charge in [0.15, 0.2) is 0 Å². The Balaban J connectivity index is 4.28. The molecule has 1 atom stereocenters. The summed E-state index contributed by atoms with van der Waals surface area (Å²) in [7, 11) is 2.21. The van der Waals surface area contributed by atoms with Gasteiger partial charge in [0.05, 0.1) is 0 Å². The zero-order valence-electron chi connectivity index (χ0n) is 10.9. The highest BCUT2D eigenvalue weighted by Crippen LogP contribution is 2.26. The highest BCUT2D eigenvalue weighted by atomic mass is 32.1. The molecule has 0 saturated heterocycles. The topological polar surface area (TPSA) is 3.24 Å². The molecule has 0 aliphatic carbocycles. The van der Waals surface area contributed by atoms with E-state index in [0.29, 0.717) is 16.9 Å². The van der Waals surface area contributed by atoms with Crippen molar-refractivity contribution < 1.29 is 0 Å². The Morgan fingerprint density at radius 2 is 1.57 bits per heavy atom. The van der Waals surface area contributed by atoms with E-state index in [1.807, 2.05) is 0 Å². The van der Waals surface area contributed by atoms with Gasteiger partial charge in [-0.1, -0.05) is 34.6 Å². The third-order valence-corrected chi connectivity index (χ3v) is 3.88. The fourth-order valence-electron chi connectivity index (χ4n) is 1.52. The van der Waals surface area contributed by atoms with Crippen molar-refractivity contribution in [3.05, 3.63) is 0 Å². The Labute approximate surface area is 95.7 Å². The molecule has 0 aliphatic heterocycles. The molecule has 0 saturated carbocycles. The molecule has 0 fully saturated rings. The van der Waals surface area contributed by atoms with Crippen LogP contribution in [0.3, 0.4) is 0 Å². The highest BCUT2D eigenvalue weighted by molar-refractivity contribution is 7.80. The smallest absolute Gasteiger partial charge is 0.0113 e. The van der Waals surface area contributed by atoms with E-state index in [1.54, 1.807) is 0 Å². The molecule has 0 spiro atoms. The minimum absolute atomic E-state index is 0.303. The molecule has 0 bridgehead atoms. The molecule has 0 heterocycles. The van der Waals surface area contributed by atoms with Crippen LogP contribution in [-0.2, 0) is 0 Å². The van der Waals surface area contributed by atoms with Gasteiger partial charge in [0, 0.05) is 12.6 Å². The SMILES string of the molecule is CC(N(C)CC(C)(C)CS)C(C)(C)C. The molecule has 0 N–H and O–H groups in total. The van der Waals surface area contributed by atoms with Gasteiger partial charge < -0.3 is 4.90 Å². The van der Waals surface area contributed by atoms with E-state index < -0.39 is 0 Å². The summed E-state index contributed by atoms with van der Waals surface area (Å²) in [6.07, 6.45) is 0. The average Bonchev–Trinajstić information content (AvgIpc) is 2.00. The second-order valence-electron chi connectivity index (χ2n) is 6.28. The van der Waals surface area contributed by atoms with Crippen LogP contribution in [0.25, 0.3) is 0 Å². The highest BCUT2D eigenvalue weighted by Gasteiger charge is 2.27. The van der Waals surface area contributed by atoms with E-state index in [0.717, 1.165) is 12.3 Å². The van der Waals surface area contributed by atoms with Crippen LogP contribution < -0.4 is 0 Å². The Hall–Kier alpha value is 0.310. The summed E-state index contributed by atoms with van der Waals surface area (Å²) < 4.78 is 0. The molecule has 0 radical (unpaired) electrons. The zero-order chi connectivity index (χ0) is 11.6. The predicted octanol–water partition coefficient (Wildman–Crippen LogP) is 3.31. The fraction of sp³-hybridized carbons (Fsp3) is 1.00. The van der Waals surface area contributed by atoms with Crippen LogP contribution in [0.4, 0.5) is 0 Å². The third kappa shape index (κ3) is 4.70. The summed E-state index contributed by atoms with van der Waals surface area (Å²) in [4.78, 5) is 2.44. The van der Waals surface area contributed by atoms with Gasteiger partial charge in [-0.2, -0.15) is 12.6 Å². The molecule has 0 amide bonds. The first-order chi connectivity index (χ1) is 6.10. The minimum Gasteiger partial charge on any atom is -0.303 e. The van der Waals surface area contributed by atoms with Gasteiger partial charge in [0.2, 0.25) is 0 Å². The standard InChI is InChI=1S/C12H27NS/c1-10(11(2,3)4)13(7)8-12(5,6)9-14/h10,14H,8-9H2,1-7H3. The molecule has 86 valence electrons. The molecule has 14 heavy (non-hydrogen) atoms. The maximum Gasteiger partial charge on any atom is 0.0113 e. The van der Waals surface area contributed by atoms with Gasteiger partial charge in [-0.15, -0.1) is 0 Å². The molecule has 0 aromatic carbocycles. The number of hydrogen-bond acceptors (Lipinski definition) is 2. The first-order valence-corrected chi connectivity index (χ1v) is 6.04. The normalized spacial score (nSPS) is 16.1. The number of nitrogens with zero attached hydrogens (tertiary/aromatic N) is 1. The predicted molar refractivity (Wildman–Crippen MR) is 69.2 cm³/mol. The van der Waals surface area contributed by atoms with Crippen LogP contribution in [-0.4, -0.2) is 30.3 Å². The summed E-state index contributed by atoms with van der Waals surface area (Å²) in [6.45, 7) is 14.8. The van der Waals surface area contributed by atoms with E-state index >= 15 is 0 Å². The van der Waals surface area contributed by atoms with E-state index in [2.05, 4.69) is 66.1 Å². The van der Waals surface area contributed by atoms with Crippen LogP contribution in [0.2, 0.25) is 0 Å². The van der Waals surface area contributed by atoms with Crippen LogP contribution >= 0.6 is 12.6 Å². The van der Waals surface area contributed by atoms with Crippen LogP contribution in [0, 0.1) is 10.8 Å². The van der Waals surface area contributed by atoms with E-state index in [1.165, 1.54) is 0 Å². The second kappa shape index (κ2) is 4.89. The maximum absolute atomic E-state index is 4.39. The Morgan fingerprint density at radius 1 is 1.14 bits per heavy atom. The van der Waals surface area contributed by atoms with Crippen molar-refractivity contribution in [3.8, 4) is 0 Å². The van der Waals surface area contributed by atoms with Crippen LogP contribution in [0.15, 0.2) is 0 Å². The molecule has 0 aromatic heterocycles. The van der Waals surface area contributed by atoms with Crippen molar-refractivity contribution >= 4 is 12.6 Å². The summed E-state index contributed by atoms with van der Waals surface area (Å²) >= 11 is 4.39. The van der Waals surface area contributed by atoms with Gasteiger partial charge in [-0.05, 0) is 30.6 Å². The van der Waals surface area contributed by atoms with Crippen LogP contribution in [0.1, 0.15) is 41.5 Å². The lowest BCUT2D eigenvalue weighted by atomic mass is 9.85. The molecular formula is C12H27NS. The lowest BCUT2D eigenvalue weighted by molar-refractivity contribution is 0.106. The number of hydrogen-bond donors (Lipinski definition) is 1. The van der Waals surface area contributed by atoms with Gasteiger partial charge in [-0.3, -0.25) is 0 Å². The lowest BCUT2D eigenvalue weighted by Crippen LogP contribution is -2.44. The monoisotopic (exact) mass is 217 g/mol. The Bertz CT molecular complexity index is 170. The molecular weight excluding hydrogens is 190 g/mol. The molecule has 1 nitrogen and oxygen atoms in total. The molecule has 2 heteroatoms. The molecule has 0 aliphatic rings. The van der Waals surface area contributed by atoms with Gasteiger partial charge >= 0.3 is 0 Å². The lowest BCUT2D eigenvalue weighted by Gasteiger charge is -2.39. The maximum atomic E-state index is 4.39. The van der Waals surface area contributed by atoms with Gasteiger partial charge in [-0.25, -0.2) is 0 Å². The summed E-state index contributed by atoms with van der Waals surface area (Å²) in [5.74, 6) is 0.939. The Morgan fingerprint density at radius 3 is 1.86 bits per heavy atom. The molecule has 0 rings (SSSR count).